The summed E-state index contributed by atoms with van der Waals surface area (Å²) < 4.78 is 6.83. The van der Waals surface area contributed by atoms with E-state index in [1.165, 1.54) is 6.26 Å². The van der Waals surface area contributed by atoms with Crippen molar-refractivity contribution in [3.63, 3.8) is 0 Å². The minimum atomic E-state index is -0.324. The smallest absolute Gasteiger partial charge is 0.291 e. The lowest BCUT2D eigenvalue weighted by atomic mass is 10.2. The van der Waals surface area contributed by atoms with E-state index in [2.05, 4.69) is 15.7 Å². The molecule has 2 aromatic carbocycles. The van der Waals surface area contributed by atoms with Crippen molar-refractivity contribution < 1.29 is 14.0 Å². The number of nitrogens with one attached hydrogen (secondary N) is 2. The predicted octanol–water partition coefficient (Wildman–Crippen LogP) is 4.53. The molecule has 1 saturated carbocycles. The number of hydrogen-bond acceptors (Lipinski definition) is 4. The second-order valence-corrected chi connectivity index (χ2v) is 7.79. The minimum absolute atomic E-state index is 0.196. The number of hydrogen-bond donors (Lipinski definition) is 2. The maximum absolute atomic E-state index is 13.0. The zero-order valence-corrected chi connectivity index (χ0v) is 17.3. The number of furan rings is 1. The molecule has 1 fully saturated rings. The van der Waals surface area contributed by atoms with Crippen molar-refractivity contribution >= 4 is 17.5 Å². The fourth-order valence-corrected chi connectivity index (χ4v) is 3.54. The normalized spacial score (nSPS) is 13.0. The largest absolute Gasteiger partial charge is 0.459 e. The summed E-state index contributed by atoms with van der Waals surface area (Å²) in [5.74, 6) is 0.166. The topological polar surface area (TPSA) is 89.2 Å². The van der Waals surface area contributed by atoms with E-state index in [0.717, 1.165) is 29.8 Å². The zero-order valence-electron chi connectivity index (χ0n) is 17.3. The summed E-state index contributed by atoms with van der Waals surface area (Å²) in [5.41, 5.74) is 3.82. The van der Waals surface area contributed by atoms with Crippen molar-refractivity contribution in [2.45, 2.75) is 25.3 Å². The summed E-state index contributed by atoms with van der Waals surface area (Å²) in [6, 6.07) is 22.2. The molecule has 0 spiro atoms. The predicted molar refractivity (Wildman–Crippen MR) is 120 cm³/mol. The molecule has 7 nitrogen and oxygen atoms in total. The molecular formula is C25H22N4O3. The summed E-state index contributed by atoms with van der Waals surface area (Å²) in [6.07, 6.45) is 3.68. The molecule has 7 heteroatoms. The first-order valence-corrected chi connectivity index (χ1v) is 10.5. The molecule has 0 aliphatic heterocycles. The van der Waals surface area contributed by atoms with Crippen LogP contribution >= 0.6 is 0 Å². The van der Waals surface area contributed by atoms with Gasteiger partial charge in [0.1, 0.15) is 5.69 Å². The number of benzene rings is 2. The van der Waals surface area contributed by atoms with Crippen LogP contribution in [0.2, 0.25) is 0 Å². The summed E-state index contributed by atoms with van der Waals surface area (Å²) in [7, 11) is 0. The van der Waals surface area contributed by atoms with Crippen LogP contribution in [0.25, 0.3) is 5.69 Å². The molecule has 1 aliphatic rings. The molecule has 1 aliphatic carbocycles. The Bertz CT molecular complexity index is 1240. The van der Waals surface area contributed by atoms with Gasteiger partial charge in [0.05, 0.1) is 17.6 Å². The van der Waals surface area contributed by atoms with Crippen molar-refractivity contribution in [3.8, 4) is 5.69 Å². The van der Waals surface area contributed by atoms with Crippen LogP contribution in [-0.4, -0.2) is 21.6 Å². The second kappa shape index (κ2) is 8.55. The Morgan fingerprint density at radius 3 is 2.56 bits per heavy atom. The van der Waals surface area contributed by atoms with E-state index in [-0.39, 0.29) is 17.6 Å². The van der Waals surface area contributed by atoms with Gasteiger partial charge in [-0.3, -0.25) is 9.59 Å². The Morgan fingerprint density at radius 1 is 0.969 bits per heavy atom. The van der Waals surface area contributed by atoms with Gasteiger partial charge in [0.15, 0.2) is 5.76 Å². The van der Waals surface area contributed by atoms with Gasteiger partial charge in [0, 0.05) is 18.2 Å². The van der Waals surface area contributed by atoms with Crippen LogP contribution in [0.3, 0.4) is 0 Å². The quantitative estimate of drug-likeness (QED) is 0.455. The second-order valence-electron chi connectivity index (χ2n) is 7.79. The van der Waals surface area contributed by atoms with E-state index >= 15 is 0 Å². The molecule has 0 atom stereocenters. The molecule has 32 heavy (non-hydrogen) atoms. The van der Waals surface area contributed by atoms with E-state index < -0.39 is 0 Å². The number of anilines is 1. The number of para-hydroxylation sites is 1. The fourth-order valence-electron chi connectivity index (χ4n) is 3.54. The first kappa shape index (κ1) is 19.8. The van der Waals surface area contributed by atoms with Crippen molar-refractivity contribution in [1.82, 2.24) is 15.1 Å². The van der Waals surface area contributed by atoms with Crippen LogP contribution in [0.5, 0.6) is 0 Å². The van der Waals surface area contributed by atoms with Gasteiger partial charge in [0.2, 0.25) is 0 Å². The Morgan fingerprint density at radius 2 is 1.81 bits per heavy atom. The van der Waals surface area contributed by atoms with Gasteiger partial charge < -0.3 is 15.1 Å². The van der Waals surface area contributed by atoms with Gasteiger partial charge in [-0.1, -0.05) is 30.3 Å². The Kier molecular flexibility index (Phi) is 5.29. The first-order chi connectivity index (χ1) is 15.7. The zero-order chi connectivity index (χ0) is 21.9. The SMILES string of the molecule is O=C(Nc1cccc(CNC(=O)c2cc(C3CC3)nn2-c2ccccc2)c1)c1ccco1. The average Bonchev–Trinajstić information content (AvgIpc) is 3.34. The molecule has 2 N–H and O–H groups in total. The van der Waals surface area contributed by atoms with Crippen LogP contribution in [-0.2, 0) is 6.54 Å². The monoisotopic (exact) mass is 426 g/mol. The lowest BCUT2D eigenvalue weighted by Crippen LogP contribution is -2.25. The minimum Gasteiger partial charge on any atom is -0.459 e. The maximum atomic E-state index is 13.0. The highest BCUT2D eigenvalue weighted by molar-refractivity contribution is 6.02. The third-order valence-electron chi connectivity index (χ3n) is 5.34. The van der Waals surface area contributed by atoms with Gasteiger partial charge in [-0.05, 0) is 60.9 Å². The molecule has 0 bridgehead atoms. The van der Waals surface area contributed by atoms with Crippen LogP contribution in [0.1, 0.15) is 51.1 Å². The molecule has 2 amide bonds. The maximum Gasteiger partial charge on any atom is 0.291 e. The molecule has 0 radical (unpaired) electrons. The third kappa shape index (κ3) is 4.32. The molecule has 4 aromatic rings. The standard InChI is InChI=1S/C25H22N4O3/c30-24(22-15-21(18-11-12-18)28-29(22)20-8-2-1-3-9-20)26-16-17-6-4-7-19(14-17)27-25(31)23-10-5-13-32-23/h1-10,13-15,18H,11-12,16H2,(H,26,30)(H,27,31). The lowest BCUT2D eigenvalue weighted by Gasteiger charge is -2.10. The molecule has 2 heterocycles. The number of carbonyl (C=O) groups excluding carboxylic acids is 2. The molecule has 5 rings (SSSR count). The van der Waals surface area contributed by atoms with Gasteiger partial charge in [-0.25, -0.2) is 4.68 Å². The van der Waals surface area contributed by atoms with E-state index in [0.29, 0.717) is 23.8 Å². The Labute approximate surface area is 185 Å². The lowest BCUT2D eigenvalue weighted by molar-refractivity contribution is 0.0942. The van der Waals surface area contributed by atoms with E-state index in [1.807, 2.05) is 54.6 Å². The Balaban J connectivity index is 1.30. The van der Waals surface area contributed by atoms with Gasteiger partial charge in [-0.2, -0.15) is 5.10 Å². The van der Waals surface area contributed by atoms with E-state index in [1.54, 1.807) is 22.9 Å². The highest BCUT2D eigenvalue weighted by Gasteiger charge is 2.29. The van der Waals surface area contributed by atoms with Crippen LogP contribution in [0.4, 0.5) is 5.69 Å². The number of carbonyl (C=O) groups is 2. The van der Waals surface area contributed by atoms with Crippen LogP contribution < -0.4 is 10.6 Å². The molecule has 0 unspecified atom stereocenters. The summed E-state index contributed by atoms with van der Waals surface area (Å²) >= 11 is 0. The molecule has 0 saturated heterocycles. The molecule has 2 aromatic heterocycles. The average molecular weight is 426 g/mol. The molecular weight excluding hydrogens is 404 g/mol. The summed E-state index contributed by atoms with van der Waals surface area (Å²) in [4.78, 5) is 25.2. The Hall–Kier alpha value is -4.13. The van der Waals surface area contributed by atoms with Crippen molar-refractivity contribution in [1.29, 1.82) is 0 Å². The van der Waals surface area contributed by atoms with Crippen LogP contribution in [0.15, 0.2) is 83.5 Å². The van der Waals surface area contributed by atoms with Gasteiger partial charge in [0.25, 0.3) is 11.8 Å². The van der Waals surface area contributed by atoms with Crippen molar-refractivity contribution in [2.75, 3.05) is 5.32 Å². The van der Waals surface area contributed by atoms with Crippen molar-refractivity contribution in [2.24, 2.45) is 0 Å². The fraction of sp³-hybridized carbons (Fsp3) is 0.160. The van der Waals surface area contributed by atoms with Crippen molar-refractivity contribution in [3.05, 3.63) is 102 Å². The third-order valence-corrected chi connectivity index (χ3v) is 5.34. The van der Waals surface area contributed by atoms with E-state index in [4.69, 9.17) is 4.42 Å². The number of aromatic nitrogens is 2. The first-order valence-electron chi connectivity index (χ1n) is 10.5. The summed E-state index contributed by atoms with van der Waals surface area (Å²) in [6.45, 7) is 0.321. The molecule has 160 valence electrons. The van der Waals surface area contributed by atoms with E-state index in [9.17, 15) is 9.59 Å². The number of amides is 2. The highest BCUT2D eigenvalue weighted by atomic mass is 16.3. The van der Waals surface area contributed by atoms with Gasteiger partial charge >= 0.3 is 0 Å². The van der Waals surface area contributed by atoms with Crippen LogP contribution in [0, 0.1) is 0 Å². The highest BCUT2D eigenvalue weighted by Crippen LogP contribution is 2.39. The number of nitrogens with zero attached hydrogens (tertiary/aromatic N) is 2. The number of rotatable bonds is 7. The van der Waals surface area contributed by atoms with Gasteiger partial charge in [-0.15, -0.1) is 0 Å². The summed E-state index contributed by atoms with van der Waals surface area (Å²) in [5, 5.41) is 10.5.